The summed E-state index contributed by atoms with van der Waals surface area (Å²) < 4.78 is 5.38. The molecule has 1 heterocycles. The molecule has 1 N–H and O–H groups in total. The molecule has 0 bridgehead atoms. The molecule has 0 saturated heterocycles. The molecule has 1 aliphatic rings. The lowest BCUT2D eigenvalue weighted by Gasteiger charge is -2.09. The number of hydrogen-bond donors (Lipinski definition) is 1. The standard InChI is InChI=1S/C14H23NO2/c1-12-7-6-9-13(17-2)8-4-3-5-10-14(16)15-11-12/h4,7-8,13H,3,5-6,9-11H2,1-2H3,(H,15,16)/b8-4+,12-7-. The molecule has 1 unspecified atom stereocenters. The maximum Gasteiger partial charge on any atom is 0.220 e. The molecule has 17 heavy (non-hydrogen) atoms. The topological polar surface area (TPSA) is 38.3 Å². The number of nitrogens with one attached hydrogen (secondary N) is 1. The van der Waals surface area contributed by atoms with Crippen molar-refractivity contribution in [2.45, 2.75) is 45.1 Å². The normalized spacial score (nSPS) is 28.9. The molecule has 1 rings (SSSR count). The molecule has 3 nitrogen and oxygen atoms in total. The molecule has 0 saturated carbocycles. The Kier molecular flexibility index (Phi) is 6.63. The molecule has 0 aromatic carbocycles. The Labute approximate surface area is 104 Å². The molecule has 0 aliphatic carbocycles. The van der Waals surface area contributed by atoms with Crippen LogP contribution in [0.1, 0.15) is 39.0 Å². The van der Waals surface area contributed by atoms with E-state index in [4.69, 9.17) is 4.74 Å². The summed E-state index contributed by atoms with van der Waals surface area (Å²) in [6, 6.07) is 0. The van der Waals surface area contributed by atoms with Crippen molar-refractivity contribution in [1.29, 1.82) is 0 Å². The van der Waals surface area contributed by atoms with E-state index in [0.717, 1.165) is 25.7 Å². The van der Waals surface area contributed by atoms with Crippen LogP contribution in [0.2, 0.25) is 0 Å². The largest absolute Gasteiger partial charge is 0.377 e. The summed E-state index contributed by atoms with van der Waals surface area (Å²) in [6.07, 6.45) is 11.1. The SMILES string of the molecule is COC1/C=C/CCCC(=O)NC/C(C)=C\CC1. The van der Waals surface area contributed by atoms with E-state index in [1.54, 1.807) is 7.11 Å². The van der Waals surface area contributed by atoms with E-state index in [0.29, 0.717) is 13.0 Å². The van der Waals surface area contributed by atoms with Gasteiger partial charge in [-0.3, -0.25) is 4.79 Å². The van der Waals surface area contributed by atoms with Crippen LogP contribution in [0.25, 0.3) is 0 Å². The molecule has 1 atom stereocenters. The molecular weight excluding hydrogens is 214 g/mol. The molecule has 3 heteroatoms. The number of carbonyl (C=O) groups excluding carboxylic acids is 1. The molecule has 0 aromatic rings. The van der Waals surface area contributed by atoms with E-state index in [-0.39, 0.29) is 12.0 Å². The fourth-order valence-electron chi connectivity index (χ4n) is 1.81. The minimum absolute atomic E-state index is 0.147. The first kappa shape index (κ1) is 14.0. The Bertz CT molecular complexity index is 295. The second-order valence-corrected chi connectivity index (χ2v) is 4.50. The predicted octanol–water partition coefficient (Wildman–Crippen LogP) is 2.58. The summed E-state index contributed by atoms with van der Waals surface area (Å²) in [6.45, 7) is 2.72. The van der Waals surface area contributed by atoms with Crippen molar-refractivity contribution in [2.75, 3.05) is 13.7 Å². The first-order valence-electron chi connectivity index (χ1n) is 6.34. The molecule has 0 fully saturated rings. The van der Waals surface area contributed by atoms with Crippen molar-refractivity contribution in [3.05, 3.63) is 23.8 Å². The number of amides is 1. The van der Waals surface area contributed by atoms with Crippen LogP contribution in [0, 0.1) is 0 Å². The first-order valence-corrected chi connectivity index (χ1v) is 6.34. The summed E-state index contributed by atoms with van der Waals surface area (Å²) in [5.41, 5.74) is 1.22. The number of rotatable bonds is 1. The number of carbonyl (C=O) groups is 1. The molecule has 1 aliphatic heterocycles. The first-order chi connectivity index (χ1) is 8.22. The van der Waals surface area contributed by atoms with Gasteiger partial charge in [-0.15, -0.1) is 0 Å². The maximum atomic E-state index is 11.5. The van der Waals surface area contributed by atoms with Gasteiger partial charge in [0.25, 0.3) is 0 Å². The number of methoxy groups -OCH3 is 1. The lowest BCUT2D eigenvalue weighted by molar-refractivity contribution is -0.121. The van der Waals surface area contributed by atoms with Crippen LogP contribution in [0.4, 0.5) is 0 Å². The molecule has 0 spiro atoms. The monoisotopic (exact) mass is 237 g/mol. The molecule has 0 radical (unpaired) electrons. The van der Waals surface area contributed by atoms with E-state index in [9.17, 15) is 4.79 Å². The smallest absolute Gasteiger partial charge is 0.220 e. The maximum absolute atomic E-state index is 11.5. The highest BCUT2D eigenvalue weighted by atomic mass is 16.5. The third-order valence-electron chi connectivity index (χ3n) is 2.94. The van der Waals surface area contributed by atoms with Gasteiger partial charge < -0.3 is 10.1 Å². The van der Waals surface area contributed by atoms with Crippen LogP contribution in [0.15, 0.2) is 23.8 Å². The molecular formula is C14H23NO2. The van der Waals surface area contributed by atoms with E-state index in [1.807, 2.05) is 0 Å². The fourth-order valence-corrected chi connectivity index (χ4v) is 1.81. The zero-order valence-electron chi connectivity index (χ0n) is 10.9. The van der Waals surface area contributed by atoms with Crippen LogP contribution >= 0.6 is 0 Å². The van der Waals surface area contributed by atoms with E-state index in [1.165, 1.54) is 5.57 Å². The summed E-state index contributed by atoms with van der Waals surface area (Å²) >= 11 is 0. The van der Waals surface area contributed by atoms with Gasteiger partial charge in [-0.25, -0.2) is 0 Å². The van der Waals surface area contributed by atoms with Crippen molar-refractivity contribution in [2.24, 2.45) is 0 Å². The Balaban J connectivity index is 2.55. The number of ether oxygens (including phenoxy) is 1. The predicted molar refractivity (Wildman–Crippen MR) is 69.8 cm³/mol. The summed E-state index contributed by atoms with van der Waals surface area (Å²) in [4.78, 5) is 11.5. The Morgan fingerprint density at radius 2 is 2.24 bits per heavy atom. The van der Waals surface area contributed by atoms with E-state index >= 15 is 0 Å². The molecule has 1 amide bonds. The Morgan fingerprint density at radius 3 is 3.00 bits per heavy atom. The molecule has 0 aromatic heterocycles. The van der Waals surface area contributed by atoms with Crippen molar-refractivity contribution >= 4 is 5.91 Å². The average Bonchev–Trinajstić information content (AvgIpc) is 2.34. The third-order valence-corrected chi connectivity index (χ3v) is 2.94. The van der Waals surface area contributed by atoms with Crippen molar-refractivity contribution in [3.63, 3.8) is 0 Å². The van der Waals surface area contributed by atoms with Crippen LogP contribution in [-0.2, 0) is 9.53 Å². The average molecular weight is 237 g/mol. The van der Waals surface area contributed by atoms with Crippen molar-refractivity contribution in [1.82, 2.24) is 5.32 Å². The van der Waals surface area contributed by atoms with E-state index < -0.39 is 0 Å². The van der Waals surface area contributed by atoms with Gasteiger partial charge in [-0.05, 0) is 32.6 Å². The minimum atomic E-state index is 0.147. The van der Waals surface area contributed by atoms with Gasteiger partial charge in [0.1, 0.15) is 0 Å². The van der Waals surface area contributed by atoms with Gasteiger partial charge in [-0.1, -0.05) is 23.8 Å². The number of allylic oxidation sites excluding steroid dienone is 2. The lowest BCUT2D eigenvalue weighted by Crippen LogP contribution is -2.24. The van der Waals surface area contributed by atoms with Crippen LogP contribution in [0.3, 0.4) is 0 Å². The van der Waals surface area contributed by atoms with Crippen LogP contribution in [0.5, 0.6) is 0 Å². The highest BCUT2D eigenvalue weighted by Gasteiger charge is 2.04. The van der Waals surface area contributed by atoms with Crippen molar-refractivity contribution < 1.29 is 9.53 Å². The second kappa shape index (κ2) is 8.07. The van der Waals surface area contributed by atoms with Gasteiger partial charge in [0.05, 0.1) is 6.10 Å². The summed E-state index contributed by atoms with van der Waals surface area (Å²) in [5, 5.41) is 2.93. The Morgan fingerprint density at radius 1 is 1.41 bits per heavy atom. The van der Waals surface area contributed by atoms with Crippen molar-refractivity contribution in [3.8, 4) is 0 Å². The van der Waals surface area contributed by atoms with Crippen LogP contribution < -0.4 is 5.32 Å². The highest BCUT2D eigenvalue weighted by molar-refractivity contribution is 5.76. The lowest BCUT2D eigenvalue weighted by atomic mass is 10.1. The third kappa shape index (κ3) is 6.27. The fraction of sp³-hybridized carbons (Fsp3) is 0.643. The zero-order valence-corrected chi connectivity index (χ0v) is 10.9. The van der Waals surface area contributed by atoms with Gasteiger partial charge in [0.15, 0.2) is 0 Å². The summed E-state index contributed by atoms with van der Waals surface area (Å²) in [5.74, 6) is 0.147. The zero-order chi connectivity index (χ0) is 12.5. The highest BCUT2D eigenvalue weighted by Crippen LogP contribution is 2.08. The number of hydrogen-bond acceptors (Lipinski definition) is 2. The minimum Gasteiger partial charge on any atom is -0.377 e. The molecule has 96 valence electrons. The van der Waals surface area contributed by atoms with Gasteiger partial charge in [-0.2, -0.15) is 0 Å². The Hall–Kier alpha value is -1.09. The van der Waals surface area contributed by atoms with Gasteiger partial charge in [0.2, 0.25) is 5.91 Å². The quantitative estimate of drug-likeness (QED) is 0.712. The summed E-state index contributed by atoms with van der Waals surface area (Å²) in [7, 11) is 1.74. The van der Waals surface area contributed by atoms with Gasteiger partial charge >= 0.3 is 0 Å². The van der Waals surface area contributed by atoms with Crippen LogP contribution in [-0.4, -0.2) is 25.7 Å². The van der Waals surface area contributed by atoms with E-state index in [2.05, 4.69) is 30.5 Å². The second-order valence-electron chi connectivity index (χ2n) is 4.50. The van der Waals surface area contributed by atoms with Gasteiger partial charge in [0, 0.05) is 20.1 Å².